The van der Waals surface area contributed by atoms with Crippen LogP contribution in [0.1, 0.15) is 31.2 Å². The molecule has 1 heterocycles. The van der Waals surface area contributed by atoms with Gasteiger partial charge in [0.2, 0.25) is 5.91 Å². The summed E-state index contributed by atoms with van der Waals surface area (Å²) in [6.07, 6.45) is 3.60. The molecule has 1 aromatic carbocycles. The summed E-state index contributed by atoms with van der Waals surface area (Å²) in [5, 5.41) is 3.27. The van der Waals surface area contributed by atoms with E-state index < -0.39 is 0 Å². The number of nitrogens with zero attached hydrogens (tertiary/aromatic N) is 1. The Hall–Kier alpha value is -1.55. The first kappa shape index (κ1) is 15.8. The number of para-hydroxylation sites is 1. The lowest BCUT2D eigenvalue weighted by Gasteiger charge is -2.32. The van der Waals surface area contributed by atoms with Gasteiger partial charge in [-0.3, -0.25) is 4.79 Å². The van der Waals surface area contributed by atoms with E-state index in [1.54, 1.807) is 0 Å². The number of rotatable bonds is 6. The SMILES string of the molecule is CN[C@@H]1CCCN(C(=O)CCCOc2ccccc2C)C1. The molecular formula is C17H26N2O2. The zero-order chi connectivity index (χ0) is 15.1. The van der Waals surface area contributed by atoms with Crippen molar-refractivity contribution >= 4 is 5.91 Å². The predicted octanol–water partition coefficient (Wildman–Crippen LogP) is 2.36. The molecule has 0 radical (unpaired) electrons. The molecule has 0 bridgehead atoms. The highest BCUT2D eigenvalue weighted by molar-refractivity contribution is 5.76. The van der Waals surface area contributed by atoms with Gasteiger partial charge >= 0.3 is 0 Å². The van der Waals surface area contributed by atoms with E-state index in [0.29, 0.717) is 19.1 Å². The van der Waals surface area contributed by atoms with Crippen LogP contribution in [0.2, 0.25) is 0 Å². The van der Waals surface area contributed by atoms with E-state index >= 15 is 0 Å². The van der Waals surface area contributed by atoms with Crippen molar-refractivity contribution in [3.05, 3.63) is 29.8 Å². The first-order chi connectivity index (χ1) is 10.2. The summed E-state index contributed by atoms with van der Waals surface area (Å²) >= 11 is 0. The number of carbonyl (C=O) groups is 1. The van der Waals surface area contributed by atoms with Gasteiger partial charge in [-0.25, -0.2) is 0 Å². The third-order valence-corrected chi connectivity index (χ3v) is 4.07. The van der Waals surface area contributed by atoms with Crippen molar-refractivity contribution in [3.63, 3.8) is 0 Å². The summed E-state index contributed by atoms with van der Waals surface area (Å²) in [5.74, 6) is 1.17. The van der Waals surface area contributed by atoms with E-state index in [0.717, 1.165) is 43.7 Å². The zero-order valence-corrected chi connectivity index (χ0v) is 13.1. The van der Waals surface area contributed by atoms with Gasteiger partial charge in [-0.1, -0.05) is 18.2 Å². The summed E-state index contributed by atoms with van der Waals surface area (Å²) in [5.41, 5.74) is 1.14. The van der Waals surface area contributed by atoms with E-state index in [1.165, 1.54) is 0 Å². The Balaban J connectivity index is 1.68. The molecular weight excluding hydrogens is 264 g/mol. The van der Waals surface area contributed by atoms with Crippen molar-refractivity contribution in [2.45, 2.75) is 38.6 Å². The normalized spacial score (nSPS) is 18.6. The number of hydrogen-bond donors (Lipinski definition) is 1. The molecule has 0 spiro atoms. The minimum atomic E-state index is 0.253. The van der Waals surface area contributed by atoms with Crippen LogP contribution in [0, 0.1) is 6.92 Å². The predicted molar refractivity (Wildman–Crippen MR) is 84.6 cm³/mol. The lowest BCUT2D eigenvalue weighted by molar-refractivity contribution is -0.132. The van der Waals surface area contributed by atoms with Gasteiger partial charge in [0.1, 0.15) is 5.75 Å². The smallest absolute Gasteiger partial charge is 0.222 e. The highest BCUT2D eigenvalue weighted by Gasteiger charge is 2.21. The Labute approximate surface area is 127 Å². The van der Waals surface area contributed by atoms with Gasteiger partial charge in [-0.05, 0) is 44.9 Å². The minimum Gasteiger partial charge on any atom is -0.493 e. The Morgan fingerprint density at radius 1 is 1.43 bits per heavy atom. The number of ether oxygens (including phenoxy) is 1. The highest BCUT2D eigenvalue weighted by Crippen LogP contribution is 2.17. The average Bonchev–Trinajstić information content (AvgIpc) is 2.53. The third kappa shape index (κ3) is 4.74. The molecule has 1 atom stereocenters. The van der Waals surface area contributed by atoms with Crippen LogP contribution in [0.15, 0.2) is 24.3 Å². The number of amides is 1. The summed E-state index contributed by atoms with van der Waals surface area (Å²) in [4.78, 5) is 14.2. The van der Waals surface area contributed by atoms with Gasteiger partial charge in [-0.15, -0.1) is 0 Å². The summed E-state index contributed by atoms with van der Waals surface area (Å²) < 4.78 is 5.73. The molecule has 1 aliphatic heterocycles. The van der Waals surface area contributed by atoms with Crippen molar-refractivity contribution < 1.29 is 9.53 Å². The monoisotopic (exact) mass is 290 g/mol. The molecule has 1 aromatic rings. The molecule has 1 aliphatic rings. The Morgan fingerprint density at radius 3 is 3.00 bits per heavy atom. The molecule has 2 rings (SSSR count). The van der Waals surface area contributed by atoms with Crippen LogP contribution in [-0.2, 0) is 4.79 Å². The minimum absolute atomic E-state index is 0.253. The van der Waals surface area contributed by atoms with Gasteiger partial charge in [-0.2, -0.15) is 0 Å². The number of nitrogens with one attached hydrogen (secondary N) is 1. The van der Waals surface area contributed by atoms with Crippen molar-refractivity contribution in [3.8, 4) is 5.75 Å². The summed E-state index contributed by atoms with van der Waals surface area (Å²) in [7, 11) is 1.97. The van der Waals surface area contributed by atoms with Crippen molar-refractivity contribution in [1.29, 1.82) is 0 Å². The third-order valence-electron chi connectivity index (χ3n) is 4.07. The van der Waals surface area contributed by atoms with E-state index in [2.05, 4.69) is 5.32 Å². The van der Waals surface area contributed by atoms with E-state index in [4.69, 9.17) is 4.74 Å². The molecule has 1 fully saturated rings. The van der Waals surface area contributed by atoms with Gasteiger partial charge in [0.15, 0.2) is 0 Å². The average molecular weight is 290 g/mol. The summed E-state index contributed by atoms with van der Waals surface area (Å²) in [6.45, 7) is 4.37. The maximum absolute atomic E-state index is 12.2. The van der Waals surface area contributed by atoms with Crippen LogP contribution in [-0.4, -0.2) is 43.6 Å². The molecule has 0 unspecified atom stereocenters. The molecule has 1 amide bonds. The first-order valence-electron chi connectivity index (χ1n) is 7.84. The van der Waals surface area contributed by atoms with Crippen LogP contribution in [0.4, 0.5) is 0 Å². The number of carbonyl (C=O) groups excluding carboxylic acids is 1. The Kier molecular flexibility index (Phi) is 6.05. The lowest BCUT2D eigenvalue weighted by Crippen LogP contribution is -2.46. The molecule has 1 saturated heterocycles. The number of hydrogen-bond acceptors (Lipinski definition) is 3. The van der Waals surface area contributed by atoms with Gasteiger partial charge in [0.05, 0.1) is 6.61 Å². The molecule has 0 aliphatic carbocycles. The lowest BCUT2D eigenvalue weighted by atomic mass is 10.1. The molecule has 21 heavy (non-hydrogen) atoms. The summed E-state index contributed by atoms with van der Waals surface area (Å²) in [6, 6.07) is 8.43. The number of aryl methyl sites for hydroxylation is 1. The second-order valence-electron chi connectivity index (χ2n) is 5.69. The van der Waals surface area contributed by atoms with Gasteiger partial charge in [0, 0.05) is 25.6 Å². The first-order valence-corrected chi connectivity index (χ1v) is 7.84. The van der Waals surface area contributed by atoms with Crippen LogP contribution in [0.5, 0.6) is 5.75 Å². The molecule has 116 valence electrons. The molecule has 0 aromatic heterocycles. The standard InChI is InChI=1S/C17H26N2O2/c1-14-7-3-4-9-16(14)21-12-6-10-17(20)19-11-5-8-15(13-19)18-2/h3-4,7,9,15,18H,5-6,8,10-13H2,1-2H3/t15-/m1/s1. The highest BCUT2D eigenvalue weighted by atomic mass is 16.5. The number of benzene rings is 1. The fourth-order valence-electron chi connectivity index (χ4n) is 2.72. The fraction of sp³-hybridized carbons (Fsp3) is 0.588. The molecule has 0 saturated carbocycles. The quantitative estimate of drug-likeness (QED) is 0.818. The van der Waals surface area contributed by atoms with Crippen molar-refractivity contribution in [2.24, 2.45) is 0 Å². The van der Waals surface area contributed by atoms with Gasteiger partial charge in [0.25, 0.3) is 0 Å². The van der Waals surface area contributed by atoms with E-state index in [-0.39, 0.29) is 5.91 Å². The molecule has 1 N–H and O–H groups in total. The fourth-order valence-corrected chi connectivity index (χ4v) is 2.72. The van der Waals surface area contributed by atoms with Crippen LogP contribution in [0.25, 0.3) is 0 Å². The number of likely N-dealkylation sites (N-methyl/N-ethyl adjacent to an activating group) is 1. The van der Waals surface area contributed by atoms with Crippen LogP contribution >= 0.6 is 0 Å². The largest absolute Gasteiger partial charge is 0.493 e. The van der Waals surface area contributed by atoms with Crippen molar-refractivity contribution in [1.82, 2.24) is 10.2 Å². The zero-order valence-electron chi connectivity index (χ0n) is 13.1. The topological polar surface area (TPSA) is 41.6 Å². The maximum atomic E-state index is 12.2. The van der Waals surface area contributed by atoms with Crippen LogP contribution in [0.3, 0.4) is 0 Å². The van der Waals surface area contributed by atoms with Crippen molar-refractivity contribution in [2.75, 3.05) is 26.7 Å². The van der Waals surface area contributed by atoms with Crippen LogP contribution < -0.4 is 10.1 Å². The Bertz CT molecular complexity index is 462. The molecule has 4 nitrogen and oxygen atoms in total. The second kappa shape index (κ2) is 8.03. The molecule has 4 heteroatoms. The number of piperidine rings is 1. The van der Waals surface area contributed by atoms with E-state index in [9.17, 15) is 4.79 Å². The Morgan fingerprint density at radius 2 is 2.24 bits per heavy atom. The second-order valence-corrected chi connectivity index (χ2v) is 5.69. The van der Waals surface area contributed by atoms with Gasteiger partial charge < -0.3 is 15.0 Å². The number of likely N-dealkylation sites (tertiary alicyclic amines) is 1. The van der Waals surface area contributed by atoms with E-state index in [1.807, 2.05) is 43.1 Å². The maximum Gasteiger partial charge on any atom is 0.222 e.